The maximum absolute atomic E-state index is 3.42. The van der Waals surface area contributed by atoms with E-state index >= 15 is 0 Å². The molecular formula is C17H23NS. The fourth-order valence-electron chi connectivity index (χ4n) is 2.60. The number of aryl methyl sites for hydroxylation is 2. The van der Waals surface area contributed by atoms with Crippen LogP contribution < -0.4 is 5.32 Å². The Labute approximate surface area is 120 Å². The van der Waals surface area contributed by atoms with E-state index in [4.69, 9.17) is 0 Å². The van der Waals surface area contributed by atoms with E-state index in [9.17, 15) is 0 Å². The molecule has 102 valence electrons. The second-order valence-corrected chi connectivity index (χ2v) is 6.70. The van der Waals surface area contributed by atoms with Gasteiger partial charge in [-0.05, 0) is 44.5 Å². The van der Waals surface area contributed by atoms with Crippen LogP contribution in [0, 0.1) is 19.8 Å². The van der Waals surface area contributed by atoms with E-state index in [0.717, 1.165) is 0 Å². The second kappa shape index (κ2) is 5.89. The lowest BCUT2D eigenvalue weighted by molar-refractivity contribution is 0.449. The molecule has 0 aliphatic carbocycles. The van der Waals surface area contributed by atoms with E-state index in [-0.39, 0.29) is 0 Å². The largest absolute Gasteiger partial charge is 0.312 e. The van der Waals surface area contributed by atoms with Crippen molar-refractivity contribution in [3.63, 3.8) is 0 Å². The van der Waals surface area contributed by atoms with Crippen LogP contribution in [0.2, 0.25) is 0 Å². The van der Waals surface area contributed by atoms with Crippen molar-refractivity contribution in [3.8, 4) is 10.4 Å². The lowest BCUT2D eigenvalue weighted by Gasteiger charge is -2.18. The Bertz CT molecular complexity index is 534. The zero-order chi connectivity index (χ0) is 14.0. The van der Waals surface area contributed by atoms with Gasteiger partial charge in [0.05, 0.1) is 0 Å². The standard InChI is InChI=1S/C17H23NS/c1-11(2)17(18-5)16-7-6-15(19-16)14-9-12(3)8-13(4)10-14/h6-11,17-18H,1-5H3. The normalized spacial score (nSPS) is 12.9. The smallest absolute Gasteiger partial charge is 0.0435 e. The molecule has 0 saturated heterocycles. The van der Waals surface area contributed by atoms with Crippen LogP contribution in [0.3, 0.4) is 0 Å². The molecule has 0 amide bonds. The molecule has 0 aliphatic rings. The summed E-state index contributed by atoms with van der Waals surface area (Å²) in [6, 6.07) is 11.7. The van der Waals surface area contributed by atoms with Gasteiger partial charge in [0.1, 0.15) is 0 Å². The molecule has 0 aliphatic heterocycles. The molecule has 1 atom stereocenters. The molecule has 0 radical (unpaired) electrons. The van der Waals surface area contributed by atoms with Crippen LogP contribution in [0.1, 0.15) is 35.9 Å². The third-order valence-electron chi connectivity index (χ3n) is 3.42. The Morgan fingerprint density at radius 1 is 1.00 bits per heavy atom. The van der Waals surface area contributed by atoms with Crippen molar-refractivity contribution in [1.29, 1.82) is 0 Å². The average molecular weight is 273 g/mol. The summed E-state index contributed by atoms with van der Waals surface area (Å²) in [5, 5.41) is 3.42. The van der Waals surface area contributed by atoms with Crippen LogP contribution >= 0.6 is 11.3 Å². The molecule has 1 aromatic heterocycles. The highest BCUT2D eigenvalue weighted by Crippen LogP contribution is 2.34. The fraction of sp³-hybridized carbons (Fsp3) is 0.412. The van der Waals surface area contributed by atoms with Crippen molar-refractivity contribution < 1.29 is 0 Å². The summed E-state index contributed by atoms with van der Waals surface area (Å²) in [7, 11) is 2.04. The summed E-state index contributed by atoms with van der Waals surface area (Å²) in [4.78, 5) is 2.79. The van der Waals surface area contributed by atoms with E-state index in [1.807, 2.05) is 18.4 Å². The van der Waals surface area contributed by atoms with Gasteiger partial charge < -0.3 is 5.32 Å². The van der Waals surface area contributed by atoms with Crippen molar-refractivity contribution in [1.82, 2.24) is 5.32 Å². The first-order chi connectivity index (χ1) is 9.01. The topological polar surface area (TPSA) is 12.0 Å². The van der Waals surface area contributed by atoms with E-state index in [0.29, 0.717) is 12.0 Å². The lowest BCUT2D eigenvalue weighted by atomic mass is 10.0. The SMILES string of the molecule is CNC(c1ccc(-c2cc(C)cc(C)c2)s1)C(C)C. The highest BCUT2D eigenvalue weighted by molar-refractivity contribution is 7.15. The number of benzene rings is 1. The zero-order valence-electron chi connectivity index (χ0n) is 12.4. The first-order valence-electron chi connectivity index (χ1n) is 6.87. The third-order valence-corrected chi connectivity index (χ3v) is 4.63. The minimum atomic E-state index is 0.449. The number of rotatable bonds is 4. The Morgan fingerprint density at radius 3 is 2.16 bits per heavy atom. The number of nitrogens with one attached hydrogen (secondary N) is 1. The summed E-state index contributed by atoms with van der Waals surface area (Å²) in [5.74, 6) is 0.607. The zero-order valence-corrected chi connectivity index (χ0v) is 13.3. The Morgan fingerprint density at radius 2 is 1.63 bits per heavy atom. The number of hydrogen-bond donors (Lipinski definition) is 1. The molecule has 1 aromatic carbocycles. The van der Waals surface area contributed by atoms with E-state index in [2.05, 4.69) is 63.3 Å². The summed E-state index contributed by atoms with van der Waals surface area (Å²) >= 11 is 1.90. The number of thiophene rings is 1. The Kier molecular flexibility index (Phi) is 4.43. The Hall–Kier alpha value is -1.12. The van der Waals surface area contributed by atoms with Crippen molar-refractivity contribution in [2.75, 3.05) is 7.05 Å². The van der Waals surface area contributed by atoms with Gasteiger partial charge in [-0.1, -0.05) is 43.2 Å². The molecule has 2 rings (SSSR count). The molecule has 2 heteroatoms. The van der Waals surface area contributed by atoms with E-state index in [1.165, 1.54) is 26.4 Å². The molecule has 19 heavy (non-hydrogen) atoms. The molecule has 1 N–H and O–H groups in total. The maximum atomic E-state index is 3.42. The van der Waals surface area contributed by atoms with Gasteiger partial charge in [-0.15, -0.1) is 11.3 Å². The van der Waals surface area contributed by atoms with Gasteiger partial charge in [0.25, 0.3) is 0 Å². The summed E-state index contributed by atoms with van der Waals surface area (Å²) in [6.07, 6.45) is 0. The summed E-state index contributed by atoms with van der Waals surface area (Å²) in [5.41, 5.74) is 4.00. The molecule has 1 unspecified atom stereocenters. The van der Waals surface area contributed by atoms with Crippen LogP contribution in [0.4, 0.5) is 0 Å². The van der Waals surface area contributed by atoms with Gasteiger partial charge in [-0.25, -0.2) is 0 Å². The molecule has 0 bridgehead atoms. The fourth-order valence-corrected chi connectivity index (χ4v) is 3.87. The van der Waals surface area contributed by atoms with Crippen LogP contribution in [0.25, 0.3) is 10.4 Å². The van der Waals surface area contributed by atoms with Crippen LogP contribution in [-0.2, 0) is 0 Å². The quantitative estimate of drug-likeness (QED) is 0.831. The average Bonchev–Trinajstić information content (AvgIpc) is 2.77. The van der Waals surface area contributed by atoms with E-state index in [1.54, 1.807) is 0 Å². The third kappa shape index (κ3) is 3.26. The van der Waals surface area contributed by atoms with Crippen molar-refractivity contribution >= 4 is 11.3 Å². The lowest BCUT2D eigenvalue weighted by Crippen LogP contribution is -2.20. The first-order valence-corrected chi connectivity index (χ1v) is 7.68. The van der Waals surface area contributed by atoms with E-state index < -0.39 is 0 Å². The summed E-state index contributed by atoms with van der Waals surface area (Å²) < 4.78 is 0. The van der Waals surface area contributed by atoms with Crippen LogP contribution in [0.15, 0.2) is 30.3 Å². The molecule has 0 fully saturated rings. The first kappa shape index (κ1) is 14.3. The molecule has 0 saturated carbocycles. The predicted octanol–water partition coefficient (Wildman–Crippen LogP) is 4.95. The van der Waals surface area contributed by atoms with Crippen molar-refractivity contribution in [2.45, 2.75) is 33.7 Å². The van der Waals surface area contributed by atoms with Gasteiger partial charge in [-0.3, -0.25) is 0 Å². The predicted molar refractivity (Wildman–Crippen MR) is 85.9 cm³/mol. The monoisotopic (exact) mass is 273 g/mol. The molecule has 0 spiro atoms. The van der Waals surface area contributed by atoms with Gasteiger partial charge in [-0.2, -0.15) is 0 Å². The van der Waals surface area contributed by atoms with Crippen LogP contribution in [-0.4, -0.2) is 7.05 Å². The number of hydrogen-bond acceptors (Lipinski definition) is 2. The van der Waals surface area contributed by atoms with Gasteiger partial charge in [0.15, 0.2) is 0 Å². The minimum Gasteiger partial charge on any atom is -0.312 e. The van der Waals surface area contributed by atoms with Gasteiger partial charge in [0, 0.05) is 15.8 Å². The van der Waals surface area contributed by atoms with Crippen molar-refractivity contribution in [2.24, 2.45) is 5.92 Å². The highest BCUT2D eigenvalue weighted by Gasteiger charge is 2.16. The molecule has 1 heterocycles. The van der Waals surface area contributed by atoms with Gasteiger partial charge >= 0.3 is 0 Å². The highest BCUT2D eigenvalue weighted by atomic mass is 32.1. The molecular weight excluding hydrogens is 250 g/mol. The van der Waals surface area contributed by atoms with Crippen molar-refractivity contribution in [3.05, 3.63) is 46.3 Å². The summed E-state index contributed by atoms with van der Waals surface area (Å²) in [6.45, 7) is 8.85. The minimum absolute atomic E-state index is 0.449. The molecule has 2 aromatic rings. The molecule has 1 nitrogen and oxygen atoms in total. The second-order valence-electron chi connectivity index (χ2n) is 5.59. The Balaban J connectivity index is 2.35. The van der Waals surface area contributed by atoms with Gasteiger partial charge in [0.2, 0.25) is 0 Å². The maximum Gasteiger partial charge on any atom is 0.0435 e. The van der Waals surface area contributed by atoms with Crippen LogP contribution in [0.5, 0.6) is 0 Å².